The third-order valence-corrected chi connectivity index (χ3v) is 7.64. The Bertz CT molecular complexity index is 759. The van der Waals surface area contributed by atoms with Crippen LogP contribution in [0.1, 0.15) is 26.7 Å². The molecule has 0 radical (unpaired) electrons. The van der Waals surface area contributed by atoms with E-state index in [2.05, 4.69) is 10.0 Å². The first-order valence-electron chi connectivity index (χ1n) is 8.14. The zero-order valence-corrected chi connectivity index (χ0v) is 16.9. The van der Waals surface area contributed by atoms with Crippen LogP contribution < -0.4 is 10.0 Å². The highest BCUT2D eigenvalue weighted by Gasteiger charge is 2.26. The van der Waals surface area contributed by atoms with E-state index in [4.69, 9.17) is 0 Å². The number of nitrogens with one attached hydrogen (secondary N) is 2. The summed E-state index contributed by atoms with van der Waals surface area (Å²) in [5.74, 6) is 0. The number of halogens is 1. The Balaban J connectivity index is 0.00000312. The fourth-order valence-electron chi connectivity index (χ4n) is 2.75. The predicted octanol–water partition coefficient (Wildman–Crippen LogP) is 1.17. The van der Waals surface area contributed by atoms with E-state index in [0.29, 0.717) is 19.6 Å². The summed E-state index contributed by atoms with van der Waals surface area (Å²) in [6.07, 6.45) is 1.67. The molecular formula is C15H26ClN3O4S2. The molecule has 7 nitrogen and oxygen atoms in total. The Labute approximate surface area is 156 Å². The molecule has 2 rings (SSSR count). The SMILES string of the molecule is CCN(CC)S(=O)(=O)c1cccc(S(=O)(=O)NC2CCCNC2)c1.Cl. The first-order chi connectivity index (χ1) is 11.3. The average Bonchev–Trinajstić information content (AvgIpc) is 2.56. The summed E-state index contributed by atoms with van der Waals surface area (Å²) in [5.41, 5.74) is 0. The second kappa shape index (κ2) is 9.29. The van der Waals surface area contributed by atoms with Crippen molar-refractivity contribution in [2.24, 2.45) is 0 Å². The van der Waals surface area contributed by atoms with Gasteiger partial charge < -0.3 is 5.32 Å². The molecule has 0 aromatic heterocycles. The van der Waals surface area contributed by atoms with Crippen molar-refractivity contribution < 1.29 is 16.8 Å². The molecule has 1 atom stereocenters. The van der Waals surface area contributed by atoms with Gasteiger partial charge in [-0.3, -0.25) is 0 Å². The third-order valence-electron chi connectivity index (χ3n) is 4.08. The van der Waals surface area contributed by atoms with Crippen molar-refractivity contribution in [2.45, 2.75) is 42.5 Å². The van der Waals surface area contributed by atoms with Gasteiger partial charge in [0.2, 0.25) is 20.0 Å². The van der Waals surface area contributed by atoms with E-state index in [1.165, 1.54) is 28.6 Å². The Morgan fingerprint density at radius 1 is 1.16 bits per heavy atom. The summed E-state index contributed by atoms with van der Waals surface area (Å²) in [6, 6.07) is 5.36. The van der Waals surface area contributed by atoms with E-state index in [1.54, 1.807) is 13.8 Å². The van der Waals surface area contributed by atoms with Gasteiger partial charge in [-0.2, -0.15) is 4.31 Å². The lowest BCUT2D eigenvalue weighted by molar-refractivity contribution is 0.428. The van der Waals surface area contributed by atoms with Crippen LogP contribution in [0.2, 0.25) is 0 Å². The molecule has 0 aliphatic carbocycles. The molecule has 10 heteroatoms. The molecule has 0 saturated carbocycles. The summed E-state index contributed by atoms with van der Waals surface area (Å²) in [4.78, 5) is -0.0304. The predicted molar refractivity (Wildman–Crippen MR) is 100 cm³/mol. The molecule has 1 aromatic carbocycles. The maximum absolute atomic E-state index is 12.6. The van der Waals surface area contributed by atoms with E-state index < -0.39 is 20.0 Å². The van der Waals surface area contributed by atoms with Crippen molar-refractivity contribution >= 4 is 32.5 Å². The molecule has 1 aliphatic heterocycles. The molecule has 1 fully saturated rings. The summed E-state index contributed by atoms with van der Waals surface area (Å²) in [5, 5.41) is 3.15. The Morgan fingerprint density at radius 2 is 1.80 bits per heavy atom. The van der Waals surface area contributed by atoms with E-state index in [0.717, 1.165) is 19.4 Å². The zero-order valence-electron chi connectivity index (χ0n) is 14.4. The van der Waals surface area contributed by atoms with Gasteiger partial charge >= 0.3 is 0 Å². The first-order valence-corrected chi connectivity index (χ1v) is 11.1. The van der Waals surface area contributed by atoms with Crippen LogP contribution in [0.25, 0.3) is 0 Å². The van der Waals surface area contributed by atoms with Gasteiger partial charge in [0.25, 0.3) is 0 Å². The first kappa shape index (κ1) is 22.3. The van der Waals surface area contributed by atoms with Crippen LogP contribution in [0.15, 0.2) is 34.1 Å². The lowest BCUT2D eigenvalue weighted by Crippen LogP contribution is -2.45. The second-order valence-corrected chi connectivity index (χ2v) is 9.38. The molecule has 2 N–H and O–H groups in total. The van der Waals surface area contributed by atoms with Crippen LogP contribution in [-0.4, -0.2) is 53.4 Å². The van der Waals surface area contributed by atoms with E-state index in [9.17, 15) is 16.8 Å². The van der Waals surface area contributed by atoms with Gasteiger partial charge in [-0.25, -0.2) is 21.6 Å². The van der Waals surface area contributed by atoms with Gasteiger partial charge in [0.1, 0.15) is 0 Å². The summed E-state index contributed by atoms with van der Waals surface area (Å²) in [7, 11) is -7.44. The van der Waals surface area contributed by atoms with Crippen molar-refractivity contribution in [3.63, 3.8) is 0 Å². The fourth-order valence-corrected chi connectivity index (χ4v) is 5.65. The number of piperidine rings is 1. The fraction of sp³-hybridized carbons (Fsp3) is 0.600. The number of benzene rings is 1. The second-order valence-electron chi connectivity index (χ2n) is 5.73. The van der Waals surface area contributed by atoms with Crippen LogP contribution in [0.3, 0.4) is 0 Å². The van der Waals surface area contributed by atoms with Crippen molar-refractivity contribution in [3.05, 3.63) is 24.3 Å². The summed E-state index contributed by atoms with van der Waals surface area (Å²) < 4.78 is 54.2. The molecular weight excluding hydrogens is 386 g/mol. The van der Waals surface area contributed by atoms with Crippen LogP contribution in [0.4, 0.5) is 0 Å². The van der Waals surface area contributed by atoms with E-state index in [-0.39, 0.29) is 28.2 Å². The number of sulfonamides is 2. The molecule has 0 spiro atoms. The van der Waals surface area contributed by atoms with Gasteiger partial charge in [0.05, 0.1) is 9.79 Å². The Hall–Kier alpha value is -0.710. The number of nitrogens with zero attached hydrogens (tertiary/aromatic N) is 1. The van der Waals surface area contributed by atoms with Crippen molar-refractivity contribution in [3.8, 4) is 0 Å². The highest BCUT2D eigenvalue weighted by Crippen LogP contribution is 2.20. The number of hydrogen-bond donors (Lipinski definition) is 2. The van der Waals surface area contributed by atoms with Crippen molar-refractivity contribution in [1.82, 2.24) is 14.3 Å². The maximum Gasteiger partial charge on any atom is 0.243 e. The summed E-state index contributed by atoms with van der Waals surface area (Å²) in [6.45, 7) is 5.63. The van der Waals surface area contributed by atoms with Crippen LogP contribution in [-0.2, 0) is 20.0 Å². The molecule has 1 unspecified atom stereocenters. The van der Waals surface area contributed by atoms with Gasteiger partial charge in [-0.1, -0.05) is 19.9 Å². The van der Waals surface area contributed by atoms with E-state index in [1.807, 2.05) is 0 Å². The minimum Gasteiger partial charge on any atom is -0.315 e. The average molecular weight is 412 g/mol. The maximum atomic E-state index is 12.6. The monoisotopic (exact) mass is 411 g/mol. The van der Waals surface area contributed by atoms with Crippen molar-refractivity contribution in [2.75, 3.05) is 26.2 Å². The largest absolute Gasteiger partial charge is 0.315 e. The highest BCUT2D eigenvalue weighted by atomic mass is 35.5. The lowest BCUT2D eigenvalue weighted by Gasteiger charge is -2.24. The zero-order chi connectivity index (χ0) is 17.8. The summed E-state index contributed by atoms with van der Waals surface area (Å²) >= 11 is 0. The highest BCUT2D eigenvalue weighted by molar-refractivity contribution is 7.90. The molecule has 1 aliphatic rings. The molecule has 1 aromatic rings. The van der Waals surface area contributed by atoms with Gasteiger partial charge in [-0.15, -0.1) is 12.4 Å². The Morgan fingerprint density at radius 3 is 2.36 bits per heavy atom. The minimum atomic E-state index is -3.75. The number of rotatable bonds is 7. The van der Waals surface area contributed by atoms with Crippen LogP contribution >= 0.6 is 12.4 Å². The van der Waals surface area contributed by atoms with E-state index >= 15 is 0 Å². The smallest absolute Gasteiger partial charge is 0.243 e. The lowest BCUT2D eigenvalue weighted by atomic mass is 10.1. The standard InChI is InChI=1S/C15H25N3O4S2.ClH/c1-3-18(4-2)24(21,22)15-9-5-8-14(11-15)23(19,20)17-13-7-6-10-16-12-13;/h5,8-9,11,13,16-17H,3-4,6-7,10,12H2,1-2H3;1H. The Kier molecular flexibility index (Phi) is 8.30. The van der Waals surface area contributed by atoms with Gasteiger partial charge in [-0.05, 0) is 37.6 Å². The molecule has 144 valence electrons. The van der Waals surface area contributed by atoms with Gasteiger partial charge in [0, 0.05) is 25.7 Å². The minimum absolute atomic E-state index is 0. The molecule has 1 heterocycles. The number of hydrogen-bond acceptors (Lipinski definition) is 5. The van der Waals surface area contributed by atoms with Gasteiger partial charge in [0.15, 0.2) is 0 Å². The molecule has 25 heavy (non-hydrogen) atoms. The quantitative estimate of drug-likeness (QED) is 0.702. The molecule has 1 saturated heterocycles. The van der Waals surface area contributed by atoms with Crippen LogP contribution in [0.5, 0.6) is 0 Å². The molecule has 0 bridgehead atoms. The third kappa shape index (κ3) is 5.38. The topological polar surface area (TPSA) is 95.6 Å². The molecule has 0 amide bonds. The van der Waals surface area contributed by atoms with Crippen LogP contribution in [0, 0.1) is 0 Å². The normalized spacial score (nSPS) is 18.8. The van der Waals surface area contributed by atoms with Crippen molar-refractivity contribution in [1.29, 1.82) is 0 Å².